The zero-order valence-corrected chi connectivity index (χ0v) is 11.5. The molecule has 1 fully saturated rings. The van der Waals surface area contributed by atoms with Crippen LogP contribution in [0.2, 0.25) is 0 Å². The second-order valence-corrected chi connectivity index (χ2v) is 6.96. The fourth-order valence-corrected chi connectivity index (χ4v) is 2.31. The lowest BCUT2D eigenvalue weighted by atomic mass is 9.73. The van der Waals surface area contributed by atoms with Crippen molar-refractivity contribution in [2.45, 2.75) is 60.0 Å². The fraction of sp³-hybridized carbons (Fsp3) is 0.923. The smallest absolute Gasteiger partial charge is 0.221 e. The van der Waals surface area contributed by atoms with Gasteiger partial charge in [0.15, 0.2) is 0 Å². The van der Waals surface area contributed by atoms with E-state index >= 15 is 0 Å². The summed E-state index contributed by atoms with van der Waals surface area (Å²) in [6.45, 7) is 14.0. The van der Waals surface area contributed by atoms with Crippen LogP contribution in [0.3, 0.4) is 0 Å². The maximum absolute atomic E-state index is 11.7. The molecule has 16 heavy (non-hydrogen) atoms. The van der Waals surface area contributed by atoms with Crippen LogP contribution < -0.4 is 10.6 Å². The monoisotopic (exact) mass is 226 g/mol. The third-order valence-electron chi connectivity index (χ3n) is 3.23. The highest BCUT2D eigenvalue weighted by atomic mass is 16.1. The molecule has 0 spiro atoms. The number of nitrogens with one attached hydrogen (secondary N) is 2. The van der Waals surface area contributed by atoms with Gasteiger partial charge in [-0.15, -0.1) is 0 Å². The lowest BCUT2D eigenvalue weighted by Gasteiger charge is -2.43. The van der Waals surface area contributed by atoms with Crippen LogP contribution >= 0.6 is 0 Å². The van der Waals surface area contributed by atoms with Crippen molar-refractivity contribution < 1.29 is 4.79 Å². The second kappa shape index (κ2) is 4.36. The van der Waals surface area contributed by atoms with Crippen molar-refractivity contribution in [1.82, 2.24) is 10.6 Å². The van der Waals surface area contributed by atoms with Gasteiger partial charge in [0.25, 0.3) is 0 Å². The molecule has 2 unspecified atom stereocenters. The van der Waals surface area contributed by atoms with E-state index in [1.54, 1.807) is 0 Å². The van der Waals surface area contributed by atoms with Gasteiger partial charge in [-0.3, -0.25) is 4.79 Å². The van der Waals surface area contributed by atoms with E-state index in [4.69, 9.17) is 0 Å². The highest BCUT2D eigenvalue weighted by Gasteiger charge is 2.40. The number of amides is 1. The van der Waals surface area contributed by atoms with Gasteiger partial charge >= 0.3 is 0 Å². The van der Waals surface area contributed by atoms with Crippen LogP contribution in [0.15, 0.2) is 0 Å². The van der Waals surface area contributed by atoms with Crippen molar-refractivity contribution in [1.29, 1.82) is 0 Å². The van der Waals surface area contributed by atoms with Crippen LogP contribution in [0.1, 0.15) is 48.0 Å². The molecular weight excluding hydrogens is 200 g/mol. The van der Waals surface area contributed by atoms with Gasteiger partial charge in [-0.1, -0.05) is 41.5 Å². The van der Waals surface area contributed by atoms with Gasteiger partial charge in [-0.2, -0.15) is 0 Å². The molecule has 1 heterocycles. The Morgan fingerprint density at radius 2 is 1.50 bits per heavy atom. The van der Waals surface area contributed by atoms with Crippen molar-refractivity contribution in [2.24, 2.45) is 10.8 Å². The highest BCUT2D eigenvalue weighted by molar-refractivity contribution is 5.77. The summed E-state index contributed by atoms with van der Waals surface area (Å²) in [6.07, 6.45) is 0.583. The Morgan fingerprint density at radius 3 is 1.94 bits per heavy atom. The van der Waals surface area contributed by atoms with Gasteiger partial charge in [-0.05, 0) is 10.8 Å². The van der Waals surface area contributed by atoms with Crippen molar-refractivity contribution >= 4 is 5.91 Å². The summed E-state index contributed by atoms with van der Waals surface area (Å²) in [4.78, 5) is 11.7. The van der Waals surface area contributed by atoms with Crippen LogP contribution in [0.25, 0.3) is 0 Å². The predicted octanol–water partition coefficient (Wildman–Crippen LogP) is 1.93. The van der Waals surface area contributed by atoms with E-state index in [9.17, 15) is 4.79 Å². The van der Waals surface area contributed by atoms with E-state index in [2.05, 4.69) is 52.2 Å². The number of rotatable bonds is 0. The molecule has 1 rings (SSSR count). The largest absolute Gasteiger partial charge is 0.351 e. The molecule has 2 atom stereocenters. The molecule has 0 aromatic rings. The molecule has 2 N–H and O–H groups in total. The molecule has 3 nitrogen and oxygen atoms in total. The molecule has 1 aliphatic heterocycles. The van der Waals surface area contributed by atoms with Gasteiger partial charge in [0.05, 0.1) is 0 Å². The molecule has 0 saturated carbocycles. The predicted molar refractivity (Wildman–Crippen MR) is 67.2 cm³/mol. The Morgan fingerprint density at radius 1 is 1.00 bits per heavy atom. The summed E-state index contributed by atoms with van der Waals surface area (Å²) in [6, 6.07) is 0.501. The third-order valence-corrected chi connectivity index (χ3v) is 3.23. The molecule has 0 aliphatic carbocycles. The Hall–Kier alpha value is -0.570. The zero-order chi connectivity index (χ0) is 12.6. The SMILES string of the molecule is CC(C)(C)C1NCCC(=O)NC1C(C)(C)C. The Labute approximate surface area is 99.4 Å². The third kappa shape index (κ3) is 3.21. The molecule has 0 radical (unpaired) electrons. The van der Waals surface area contributed by atoms with Crippen LogP contribution in [-0.4, -0.2) is 24.5 Å². The number of carbonyl (C=O) groups is 1. The van der Waals surface area contributed by atoms with Gasteiger partial charge < -0.3 is 10.6 Å². The van der Waals surface area contributed by atoms with Gasteiger partial charge in [0.1, 0.15) is 0 Å². The lowest BCUT2D eigenvalue weighted by Crippen LogP contribution is -2.58. The minimum Gasteiger partial charge on any atom is -0.351 e. The van der Waals surface area contributed by atoms with Crippen molar-refractivity contribution in [3.63, 3.8) is 0 Å². The van der Waals surface area contributed by atoms with E-state index in [0.717, 1.165) is 6.54 Å². The van der Waals surface area contributed by atoms with Crippen LogP contribution in [0.4, 0.5) is 0 Å². The quantitative estimate of drug-likeness (QED) is 0.662. The summed E-state index contributed by atoms with van der Waals surface area (Å²) in [5.41, 5.74) is 0.223. The standard InChI is InChI=1S/C13H26N2O/c1-12(2,3)10-11(13(4,5)6)15-9(16)7-8-14-10/h10-11,14H,7-8H2,1-6H3,(H,15,16). The summed E-state index contributed by atoms with van der Waals surface area (Å²) in [5.74, 6) is 0.166. The first kappa shape index (κ1) is 13.5. The molecule has 1 amide bonds. The molecule has 1 aliphatic rings. The van der Waals surface area contributed by atoms with Crippen LogP contribution in [-0.2, 0) is 4.79 Å². The second-order valence-electron chi connectivity index (χ2n) is 6.96. The highest BCUT2D eigenvalue weighted by Crippen LogP contribution is 2.32. The van der Waals surface area contributed by atoms with E-state index < -0.39 is 0 Å². The average Bonchev–Trinajstić information content (AvgIpc) is 2.23. The van der Waals surface area contributed by atoms with Crippen LogP contribution in [0.5, 0.6) is 0 Å². The fourth-order valence-electron chi connectivity index (χ4n) is 2.31. The molecule has 3 heteroatoms. The minimum absolute atomic E-state index is 0.0744. The van der Waals surface area contributed by atoms with Crippen molar-refractivity contribution in [3.8, 4) is 0 Å². The van der Waals surface area contributed by atoms with E-state index in [1.165, 1.54) is 0 Å². The average molecular weight is 226 g/mol. The topological polar surface area (TPSA) is 41.1 Å². The number of hydrogen-bond acceptors (Lipinski definition) is 2. The Kier molecular flexibility index (Phi) is 3.68. The van der Waals surface area contributed by atoms with Crippen molar-refractivity contribution in [2.75, 3.05) is 6.54 Å². The Bertz CT molecular complexity index is 260. The minimum atomic E-state index is 0.0744. The Balaban J connectivity index is 2.98. The maximum Gasteiger partial charge on any atom is 0.221 e. The first-order chi connectivity index (χ1) is 7.12. The normalized spacial score (nSPS) is 28.5. The molecular formula is C13H26N2O. The maximum atomic E-state index is 11.7. The molecule has 1 saturated heterocycles. The lowest BCUT2D eigenvalue weighted by molar-refractivity contribution is -0.122. The van der Waals surface area contributed by atoms with E-state index in [1.807, 2.05) is 0 Å². The summed E-state index contributed by atoms with van der Waals surface area (Å²) < 4.78 is 0. The molecule has 0 aromatic carbocycles. The molecule has 94 valence electrons. The zero-order valence-electron chi connectivity index (χ0n) is 11.5. The van der Waals surface area contributed by atoms with Gasteiger partial charge in [0.2, 0.25) is 5.91 Å². The summed E-state index contributed by atoms with van der Waals surface area (Å²) >= 11 is 0. The molecule has 0 bridgehead atoms. The molecule has 0 aromatic heterocycles. The van der Waals surface area contributed by atoms with Gasteiger partial charge in [0, 0.05) is 25.0 Å². The van der Waals surface area contributed by atoms with Gasteiger partial charge in [-0.25, -0.2) is 0 Å². The number of carbonyl (C=O) groups excluding carboxylic acids is 1. The first-order valence-electron chi connectivity index (χ1n) is 6.15. The summed E-state index contributed by atoms with van der Waals surface area (Å²) in [5, 5.41) is 6.70. The van der Waals surface area contributed by atoms with Crippen molar-refractivity contribution in [3.05, 3.63) is 0 Å². The van der Waals surface area contributed by atoms with Crippen LogP contribution in [0, 0.1) is 10.8 Å². The van der Waals surface area contributed by atoms with E-state index in [0.29, 0.717) is 12.5 Å². The first-order valence-corrected chi connectivity index (χ1v) is 6.15. The van der Waals surface area contributed by atoms with E-state index in [-0.39, 0.29) is 22.8 Å². The summed E-state index contributed by atoms with van der Waals surface area (Å²) in [7, 11) is 0. The number of hydrogen-bond donors (Lipinski definition) is 2.